The van der Waals surface area contributed by atoms with Crippen LogP contribution in [0.3, 0.4) is 0 Å². The first-order chi connectivity index (χ1) is 7.08. The van der Waals surface area contributed by atoms with E-state index in [1.807, 2.05) is 0 Å². The number of hydrogen-bond donors (Lipinski definition) is 1. The molecule has 88 valence electrons. The number of hydrogen-bond acceptors (Lipinski definition) is 4. The van der Waals surface area contributed by atoms with E-state index in [-0.39, 0.29) is 17.7 Å². The normalized spacial score (nSPS) is 37.7. The van der Waals surface area contributed by atoms with E-state index >= 15 is 0 Å². The molecule has 3 atom stereocenters. The molecular formula is C10H19NO3S. The molecule has 0 saturated carbocycles. The summed E-state index contributed by atoms with van der Waals surface area (Å²) in [5.74, 6) is 1.11. The number of sulfone groups is 1. The van der Waals surface area contributed by atoms with Crippen LogP contribution in [0.25, 0.3) is 0 Å². The summed E-state index contributed by atoms with van der Waals surface area (Å²) in [6.07, 6.45) is 2.87. The van der Waals surface area contributed by atoms with Crippen molar-refractivity contribution in [3.63, 3.8) is 0 Å². The van der Waals surface area contributed by atoms with Crippen molar-refractivity contribution in [2.24, 2.45) is 17.6 Å². The second-order valence-electron chi connectivity index (χ2n) is 4.72. The molecule has 2 aliphatic rings. The van der Waals surface area contributed by atoms with Gasteiger partial charge in [-0.05, 0) is 31.1 Å². The fourth-order valence-corrected chi connectivity index (χ4v) is 4.45. The van der Waals surface area contributed by atoms with E-state index in [2.05, 4.69) is 0 Å². The third-order valence-corrected chi connectivity index (χ3v) is 5.35. The molecule has 2 fully saturated rings. The summed E-state index contributed by atoms with van der Waals surface area (Å²) in [4.78, 5) is 0. The molecule has 0 aromatic heterocycles. The van der Waals surface area contributed by atoms with Crippen LogP contribution in [-0.4, -0.2) is 39.2 Å². The van der Waals surface area contributed by atoms with Crippen LogP contribution in [-0.2, 0) is 14.6 Å². The summed E-state index contributed by atoms with van der Waals surface area (Å²) >= 11 is 0. The zero-order chi connectivity index (χ0) is 10.9. The van der Waals surface area contributed by atoms with Gasteiger partial charge in [-0.3, -0.25) is 0 Å². The van der Waals surface area contributed by atoms with Gasteiger partial charge in [0.25, 0.3) is 0 Å². The molecule has 3 unspecified atom stereocenters. The zero-order valence-corrected chi connectivity index (χ0v) is 9.71. The third-order valence-electron chi connectivity index (χ3n) is 3.55. The molecule has 0 amide bonds. The third kappa shape index (κ3) is 2.71. The van der Waals surface area contributed by atoms with Crippen LogP contribution in [0, 0.1) is 11.8 Å². The molecule has 4 nitrogen and oxygen atoms in total. The molecule has 15 heavy (non-hydrogen) atoms. The lowest BCUT2D eigenvalue weighted by Crippen LogP contribution is -2.42. The summed E-state index contributed by atoms with van der Waals surface area (Å²) in [5, 5.41) is 0. The van der Waals surface area contributed by atoms with E-state index in [0.29, 0.717) is 18.3 Å². The van der Waals surface area contributed by atoms with Gasteiger partial charge < -0.3 is 10.5 Å². The summed E-state index contributed by atoms with van der Waals surface area (Å²) in [5.41, 5.74) is 6.13. The molecule has 2 heterocycles. The minimum Gasteiger partial charge on any atom is -0.381 e. The van der Waals surface area contributed by atoms with Crippen LogP contribution in [0.1, 0.15) is 19.3 Å². The molecule has 2 aliphatic heterocycles. The maximum atomic E-state index is 11.3. The first-order valence-corrected chi connectivity index (χ1v) is 7.44. The first kappa shape index (κ1) is 11.4. The molecule has 0 bridgehead atoms. The van der Waals surface area contributed by atoms with E-state index in [1.165, 1.54) is 0 Å². The summed E-state index contributed by atoms with van der Waals surface area (Å²) in [6, 6.07) is 0.00238. The Morgan fingerprint density at radius 1 is 1.27 bits per heavy atom. The van der Waals surface area contributed by atoms with Gasteiger partial charge in [0, 0.05) is 12.6 Å². The van der Waals surface area contributed by atoms with Gasteiger partial charge in [-0.25, -0.2) is 8.42 Å². The minimum atomic E-state index is -2.80. The topological polar surface area (TPSA) is 69.4 Å². The molecule has 0 spiro atoms. The Balaban J connectivity index is 1.93. The van der Waals surface area contributed by atoms with Crippen molar-refractivity contribution in [1.29, 1.82) is 0 Å². The van der Waals surface area contributed by atoms with Gasteiger partial charge in [0.2, 0.25) is 0 Å². The molecule has 0 aliphatic carbocycles. The van der Waals surface area contributed by atoms with Gasteiger partial charge in [-0.15, -0.1) is 0 Å². The molecule has 2 rings (SSSR count). The predicted octanol–water partition coefficient (Wildman–Crippen LogP) is 0.175. The lowest BCUT2D eigenvalue weighted by Gasteiger charge is -2.30. The van der Waals surface area contributed by atoms with Gasteiger partial charge in [-0.2, -0.15) is 0 Å². The average Bonchev–Trinajstić information content (AvgIpc) is 2.59. The highest BCUT2D eigenvalue weighted by Crippen LogP contribution is 2.28. The fourth-order valence-electron chi connectivity index (χ4n) is 2.58. The standard InChI is InChI=1S/C10H19NO3S/c11-10(8-2-1-4-14-6-8)9-3-5-15(12,13)7-9/h8-10H,1-7,11H2. The molecule has 2 N–H and O–H groups in total. The van der Waals surface area contributed by atoms with E-state index < -0.39 is 9.84 Å². The maximum Gasteiger partial charge on any atom is 0.150 e. The lowest BCUT2D eigenvalue weighted by atomic mass is 9.85. The van der Waals surface area contributed by atoms with Gasteiger partial charge in [0.15, 0.2) is 9.84 Å². The van der Waals surface area contributed by atoms with Crippen LogP contribution in [0.15, 0.2) is 0 Å². The fraction of sp³-hybridized carbons (Fsp3) is 1.00. The monoisotopic (exact) mass is 233 g/mol. The maximum absolute atomic E-state index is 11.3. The Kier molecular flexibility index (Phi) is 3.33. The Morgan fingerprint density at radius 2 is 2.07 bits per heavy atom. The quantitative estimate of drug-likeness (QED) is 0.738. The molecule has 2 saturated heterocycles. The predicted molar refractivity (Wildman–Crippen MR) is 58.3 cm³/mol. The van der Waals surface area contributed by atoms with Crippen LogP contribution in [0.5, 0.6) is 0 Å². The molecule has 5 heteroatoms. The Bertz CT molecular complexity index is 309. The second-order valence-corrected chi connectivity index (χ2v) is 6.95. The van der Waals surface area contributed by atoms with Crippen molar-refractivity contribution in [1.82, 2.24) is 0 Å². The Labute approximate surface area is 91.1 Å². The van der Waals surface area contributed by atoms with Crippen LogP contribution in [0.2, 0.25) is 0 Å². The number of ether oxygens (including phenoxy) is 1. The summed E-state index contributed by atoms with van der Waals surface area (Å²) in [6.45, 7) is 1.53. The van der Waals surface area contributed by atoms with Crippen molar-refractivity contribution >= 4 is 9.84 Å². The smallest absolute Gasteiger partial charge is 0.150 e. The zero-order valence-electron chi connectivity index (χ0n) is 8.89. The largest absolute Gasteiger partial charge is 0.381 e. The van der Waals surface area contributed by atoms with Crippen molar-refractivity contribution < 1.29 is 13.2 Å². The minimum absolute atomic E-state index is 0.00238. The van der Waals surface area contributed by atoms with Crippen molar-refractivity contribution in [2.75, 3.05) is 24.7 Å². The SMILES string of the molecule is NC(C1CCCOC1)C1CCS(=O)(=O)C1. The number of rotatable bonds is 2. The van der Waals surface area contributed by atoms with Gasteiger partial charge >= 0.3 is 0 Å². The van der Waals surface area contributed by atoms with Crippen LogP contribution in [0.4, 0.5) is 0 Å². The van der Waals surface area contributed by atoms with E-state index in [9.17, 15) is 8.42 Å². The lowest BCUT2D eigenvalue weighted by molar-refractivity contribution is 0.0378. The number of nitrogens with two attached hydrogens (primary N) is 1. The van der Waals surface area contributed by atoms with E-state index in [4.69, 9.17) is 10.5 Å². The van der Waals surface area contributed by atoms with Gasteiger partial charge in [0.1, 0.15) is 0 Å². The van der Waals surface area contributed by atoms with Crippen LogP contribution < -0.4 is 5.73 Å². The Morgan fingerprint density at radius 3 is 2.60 bits per heavy atom. The van der Waals surface area contributed by atoms with Gasteiger partial charge in [-0.1, -0.05) is 0 Å². The van der Waals surface area contributed by atoms with Crippen molar-refractivity contribution in [3.05, 3.63) is 0 Å². The Hall–Kier alpha value is -0.130. The molecular weight excluding hydrogens is 214 g/mol. The summed E-state index contributed by atoms with van der Waals surface area (Å²) in [7, 11) is -2.80. The second kappa shape index (κ2) is 4.39. The summed E-state index contributed by atoms with van der Waals surface area (Å²) < 4.78 is 28.1. The van der Waals surface area contributed by atoms with Crippen LogP contribution >= 0.6 is 0 Å². The first-order valence-electron chi connectivity index (χ1n) is 5.62. The average molecular weight is 233 g/mol. The highest BCUT2D eigenvalue weighted by Gasteiger charge is 2.35. The molecule has 0 aromatic rings. The molecule has 0 radical (unpaired) electrons. The van der Waals surface area contributed by atoms with E-state index in [0.717, 1.165) is 25.9 Å². The van der Waals surface area contributed by atoms with Crippen molar-refractivity contribution in [3.8, 4) is 0 Å². The van der Waals surface area contributed by atoms with Crippen molar-refractivity contribution in [2.45, 2.75) is 25.3 Å². The highest BCUT2D eigenvalue weighted by atomic mass is 32.2. The highest BCUT2D eigenvalue weighted by molar-refractivity contribution is 7.91. The molecule has 0 aromatic carbocycles. The van der Waals surface area contributed by atoms with Gasteiger partial charge in [0.05, 0.1) is 18.1 Å². The van der Waals surface area contributed by atoms with E-state index in [1.54, 1.807) is 0 Å².